The fraction of sp³-hybridized carbons (Fsp3) is 0.138. The molecular formula is C58H56N4O2Zr. The van der Waals surface area contributed by atoms with E-state index in [0.29, 0.717) is 24.6 Å². The minimum absolute atomic E-state index is 0. The van der Waals surface area contributed by atoms with Crippen molar-refractivity contribution in [1.29, 1.82) is 0 Å². The molecule has 2 aromatic heterocycles. The molecule has 7 heteroatoms. The monoisotopic (exact) mass is 930 g/mol. The van der Waals surface area contributed by atoms with Gasteiger partial charge in [0.2, 0.25) is 0 Å². The molecule has 0 fully saturated rings. The summed E-state index contributed by atoms with van der Waals surface area (Å²) in [5.41, 5.74) is 12.1. The van der Waals surface area contributed by atoms with Crippen molar-refractivity contribution in [3.05, 3.63) is 229 Å². The maximum atomic E-state index is 11.7. The number of phenols is 2. The molecule has 0 bridgehead atoms. The second-order valence-electron chi connectivity index (χ2n) is 16.8. The van der Waals surface area contributed by atoms with Gasteiger partial charge in [-0.25, -0.2) is 0 Å². The maximum Gasteiger partial charge on any atom is 2.00 e. The Morgan fingerprint density at radius 1 is 0.415 bits per heavy atom. The summed E-state index contributed by atoms with van der Waals surface area (Å²) in [6.45, 7) is 14.4. The molecule has 8 aromatic carbocycles. The number of aromatic nitrogens is 2. The summed E-state index contributed by atoms with van der Waals surface area (Å²) < 4.78 is 4.37. The number of likely N-dealkylation sites (N-methyl/N-ethyl adjacent to an activating group) is 2. The molecule has 0 aliphatic rings. The minimum Gasteiger partial charge on any atom is -0.505 e. The van der Waals surface area contributed by atoms with Gasteiger partial charge in [-0.2, -0.15) is 49.2 Å². The molecule has 10 rings (SSSR count). The summed E-state index contributed by atoms with van der Waals surface area (Å²) in [4.78, 5) is 4.50. The topological polar surface area (TPSA) is 56.8 Å². The van der Waals surface area contributed by atoms with E-state index in [2.05, 4.69) is 182 Å². The van der Waals surface area contributed by atoms with Crippen LogP contribution in [0, 0.1) is 27.7 Å². The Morgan fingerprint density at radius 2 is 0.692 bits per heavy atom. The first-order valence-electron chi connectivity index (χ1n) is 21.8. The third-order valence-electron chi connectivity index (χ3n) is 11.7. The van der Waals surface area contributed by atoms with Gasteiger partial charge in [0.05, 0.1) is 33.4 Å². The number of aryl methyl sites for hydroxylation is 2. The van der Waals surface area contributed by atoms with E-state index in [1.165, 1.54) is 21.5 Å². The number of nitrogens with zero attached hydrogens (tertiary/aromatic N) is 4. The molecule has 10 aromatic rings. The van der Waals surface area contributed by atoms with Gasteiger partial charge in [0.1, 0.15) is 11.5 Å². The van der Waals surface area contributed by atoms with Crippen LogP contribution >= 0.6 is 0 Å². The van der Waals surface area contributed by atoms with Crippen LogP contribution in [0.15, 0.2) is 182 Å². The molecule has 0 atom stereocenters. The minimum atomic E-state index is 0. The van der Waals surface area contributed by atoms with Crippen LogP contribution in [0.5, 0.6) is 11.5 Å². The van der Waals surface area contributed by atoms with Crippen LogP contribution < -0.4 is 0 Å². The van der Waals surface area contributed by atoms with Crippen LogP contribution in [0.4, 0.5) is 0 Å². The smallest absolute Gasteiger partial charge is 0.505 e. The molecule has 2 N–H and O–H groups in total. The third-order valence-corrected chi connectivity index (χ3v) is 11.7. The SMILES string of the molecule is Cc1cc(CN(C)CCN(C)Cc2cc(C)cc(-n3c4ccccc4c4ccccc43)c2O)c(O)c(-n2c3ccccc3c3ccccc32)c1.[CH2-]c1ccccc1.[CH2-]c1ccccc1.[Zr+2]. The van der Waals surface area contributed by atoms with E-state index in [9.17, 15) is 10.2 Å². The first-order valence-corrected chi connectivity index (χ1v) is 21.8. The van der Waals surface area contributed by atoms with E-state index in [1.54, 1.807) is 0 Å². The standard InChI is InChI=1S/C44H42N4O2.2C7H7.Zr/c1-29-23-31(43(49)41(25-29)47-37-17-9-5-13-33(37)34-14-6-10-18-38(34)47)27-45(3)21-22-46(4)28-32-24-30(2)26-42(44(32)50)48-39-19-11-7-15-35(39)36-16-8-12-20-40(36)48;2*1-7-5-3-2-4-6-7;/h5-20,23-26,49-50H,21-22,27-28H2,1-4H3;2*2-6H,1H2;/q;2*-1;+2. The molecule has 0 radical (unpaired) electrons. The Morgan fingerprint density at radius 3 is 0.969 bits per heavy atom. The molecule has 0 aliphatic heterocycles. The van der Waals surface area contributed by atoms with Crippen LogP contribution in [-0.4, -0.2) is 56.3 Å². The summed E-state index contributed by atoms with van der Waals surface area (Å²) in [5.74, 6) is 0.620. The van der Waals surface area contributed by atoms with Gasteiger partial charge in [0.15, 0.2) is 0 Å². The number of benzene rings is 8. The van der Waals surface area contributed by atoms with Crippen LogP contribution in [0.2, 0.25) is 0 Å². The molecule has 65 heavy (non-hydrogen) atoms. The Hall–Kier alpha value is -6.50. The zero-order valence-electron chi connectivity index (χ0n) is 37.7. The van der Waals surface area contributed by atoms with Gasteiger partial charge in [-0.1, -0.05) is 97.1 Å². The first-order chi connectivity index (χ1) is 31.1. The Kier molecular flexibility index (Phi) is 15.0. The van der Waals surface area contributed by atoms with E-state index < -0.39 is 0 Å². The number of fused-ring (bicyclic) bond motifs is 6. The van der Waals surface area contributed by atoms with Gasteiger partial charge in [0.25, 0.3) is 0 Å². The van der Waals surface area contributed by atoms with Gasteiger partial charge in [-0.15, -0.1) is 24.3 Å². The van der Waals surface area contributed by atoms with Crippen molar-refractivity contribution in [2.45, 2.75) is 26.9 Å². The normalized spacial score (nSPS) is 11.1. The number of rotatable bonds is 9. The van der Waals surface area contributed by atoms with Gasteiger partial charge in [-0.05, 0) is 75.5 Å². The predicted octanol–water partition coefficient (Wildman–Crippen LogP) is 13.2. The van der Waals surface area contributed by atoms with Crippen molar-refractivity contribution in [1.82, 2.24) is 18.9 Å². The van der Waals surface area contributed by atoms with E-state index in [4.69, 9.17) is 0 Å². The Balaban J connectivity index is 0.000000359. The van der Waals surface area contributed by atoms with E-state index >= 15 is 0 Å². The van der Waals surface area contributed by atoms with Crippen molar-refractivity contribution in [3.8, 4) is 22.9 Å². The largest absolute Gasteiger partial charge is 2.00 e. The number of phenolic OH excluding ortho intramolecular Hbond substituents is 2. The van der Waals surface area contributed by atoms with Crippen LogP contribution in [0.1, 0.15) is 33.4 Å². The molecule has 324 valence electrons. The number of aromatic hydroxyl groups is 2. The summed E-state index contributed by atoms with van der Waals surface area (Å²) in [6.07, 6.45) is 0. The fourth-order valence-electron chi connectivity index (χ4n) is 8.65. The third kappa shape index (κ3) is 10.4. The Labute approximate surface area is 402 Å². The average molecular weight is 932 g/mol. The van der Waals surface area contributed by atoms with Crippen molar-refractivity contribution in [2.75, 3.05) is 27.2 Å². The summed E-state index contributed by atoms with van der Waals surface area (Å²) in [5, 5.41) is 28.2. The van der Waals surface area contributed by atoms with Crippen molar-refractivity contribution in [2.24, 2.45) is 0 Å². The summed E-state index contributed by atoms with van der Waals surface area (Å²) in [7, 11) is 4.19. The molecule has 0 saturated carbocycles. The van der Waals surface area contributed by atoms with E-state index in [-0.39, 0.29) is 26.2 Å². The Bertz CT molecular complexity index is 2850. The van der Waals surface area contributed by atoms with Crippen molar-refractivity contribution in [3.63, 3.8) is 0 Å². The number of hydrogen-bond acceptors (Lipinski definition) is 4. The molecule has 0 amide bonds. The molecule has 0 saturated heterocycles. The van der Waals surface area contributed by atoms with Crippen molar-refractivity contribution >= 4 is 43.6 Å². The van der Waals surface area contributed by atoms with Gasteiger partial charge in [-0.3, -0.25) is 0 Å². The number of para-hydroxylation sites is 4. The fourth-order valence-corrected chi connectivity index (χ4v) is 8.65. The average Bonchev–Trinajstić information content (AvgIpc) is 3.82. The zero-order chi connectivity index (χ0) is 44.7. The first kappa shape index (κ1) is 46.5. The van der Waals surface area contributed by atoms with Gasteiger partial charge < -0.3 is 29.1 Å². The second kappa shape index (κ2) is 21.0. The maximum absolute atomic E-state index is 11.7. The quantitative estimate of drug-likeness (QED) is 0.142. The number of hydrogen-bond donors (Lipinski definition) is 2. The van der Waals surface area contributed by atoms with Crippen LogP contribution in [-0.2, 0) is 39.3 Å². The molecule has 0 aliphatic carbocycles. The summed E-state index contributed by atoms with van der Waals surface area (Å²) in [6, 6.07) is 61.6. The molecule has 6 nitrogen and oxygen atoms in total. The van der Waals surface area contributed by atoms with E-state index in [0.717, 1.165) is 79.9 Å². The predicted molar refractivity (Wildman–Crippen MR) is 269 cm³/mol. The zero-order valence-corrected chi connectivity index (χ0v) is 40.2. The van der Waals surface area contributed by atoms with Gasteiger partial charge >= 0.3 is 26.2 Å². The van der Waals surface area contributed by atoms with Crippen LogP contribution in [0.3, 0.4) is 0 Å². The van der Waals surface area contributed by atoms with E-state index in [1.807, 2.05) is 60.7 Å². The molecule has 2 heterocycles. The molecule has 0 unspecified atom stereocenters. The van der Waals surface area contributed by atoms with Crippen molar-refractivity contribution < 1.29 is 36.4 Å². The molecule has 0 spiro atoms. The van der Waals surface area contributed by atoms with Crippen LogP contribution in [0.25, 0.3) is 55.0 Å². The van der Waals surface area contributed by atoms with Gasteiger partial charge in [0, 0.05) is 58.9 Å². The second-order valence-corrected chi connectivity index (χ2v) is 16.8. The summed E-state index contributed by atoms with van der Waals surface area (Å²) >= 11 is 0. The molecular weight excluding hydrogens is 876 g/mol.